The Morgan fingerprint density at radius 3 is 2.50 bits per heavy atom. The molecular formula is C23H24N3O4-. The van der Waals surface area contributed by atoms with Crippen LogP contribution >= 0.6 is 0 Å². The monoisotopic (exact) mass is 406 g/mol. The van der Waals surface area contributed by atoms with Crippen LogP contribution in [0, 0.1) is 0 Å². The van der Waals surface area contributed by atoms with E-state index in [1.54, 1.807) is 48.5 Å². The molecule has 2 atom stereocenters. The number of para-hydroxylation sites is 1. The van der Waals surface area contributed by atoms with E-state index in [0.29, 0.717) is 23.7 Å². The molecule has 0 saturated carbocycles. The Bertz CT molecular complexity index is 1080. The number of aliphatic carboxylic acids is 1. The quantitative estimate of drug-likeness (QED) is 0.581. The van der Waals surface area contributed by atoms with Crippen LogP contribution in [0.4, 0.5) is 0 Å². The van der Waals surface area contributed by atoms with Crippen LogP contribution in [0.15, 0.2) is 65.7 Å². The number of carboxylic acids is 1. The van der Waals surface area contributed by atoms with Gasteiger partial charge in [-0.2, -0.15) is 0 Å². The molecule has 1 aromatic heterocycles. The molecule has 0 spiro atoms. The van der Waals surface area contributed by atoms with Gasteiger partial charge >= 0.3 is 0 Å². The summed E-state index contributed by atoms with van der Waals surface area (Å²) in [5, 5.41) is 14.6. The van der Waals surface area contributed by atoms with Crippen LogP contribution in [0.3, 0.4) is 0 Å². The second-order valence-corrected chi connectivity index (χ2v) is 7.20. The van der Waals surface area contributed by atoms with E-state index in [9.17, 15) is 19.5 Å². The summed E-state index contributed by atoms with van der Waals surface area (Å²) in [6, 6.07) is 13.9. The van der Waals surface area contributed by atoms with Crippen LogP contribution in [0.1, 0.15) is 37.8 Å². The van der Waals surface area contributed by atoms with Gasteiger partial charge in [0.2, 0.25) is 5.91 Å². The van der Waals surface area contributed by atoms with Crippen LogP contribution < -0.4 is 16.0 Å². The minimum Gasteiger partial charge on any atom is -0.548 e. The lowest BCUT2D eigenvalue weighted by Gasteiger charge is -2.25. The Balaban J connectivity index is 1.89. The van der Waals surface area contributed by atoms with Crippen molar-refractivity contribution in [2.75, 3.05) is 0 Å². The van der Waals surface area contributed by atoms with Gasteiger partial charge < -0.3 is 15.2 Å². The molecule has 0 aliphatic heterocycles. The number of nitrogens with one attached hydrogen (secondary N) is 1. The van der Waals surface area contributed by atoms with Gasteiger partial charge in [0.25, 0.3) is 5.56 Å². The Labute approximate surface area is 174 Å². The second-order valence-electron chi connectivity index (χ2n) is 7.20. The van der Waals surface area contributed by atoms with Crippen molar-refractivity contribution in [3.05, 3.63) is 76.8 Å². The van der Waals surface area contributed by atoms with Gasteiger partial charge in [-0.1, -0.05) is 62.2 Å². The number of carboxylic acid groups (broad SMARTS) is 1. The van der Waals surface area contributed by atoms with Gasteiger partial charge in [-0.15, -0.1) is 0 Å². The molecule has 3 rings (SSSR count). The molecule has 1 amide bonds. The van der Waals surface area contributed by atoms with Gasteiger partial charge in [0.05, 0.1) is 29.2 Å². The molecule has 0 fully saturated rings. The number of fused-ring (bicyclic) bond motifs is 1. The number of carbonyl (C=O) groups excluding carboxylic acids is 2. The number of benzene rings is 2. The molecule has 3 aromatic rings. The highest BCUT2D eigenvalue weighted by atomic mass is 16.4. The van der Waals surface area contributed by atoms with E-state index < -0.39 is 24.0 Å². The van der Waals surface area contributed by atoms with Crippen molar-refractivity contribution < 1.29 is 14.7 Å². The highest BCUT2D eigenvalue weighted by molar-refractivity contribution is 5.86. The SMILES string of the molecule is CCCC[C@H](C(=O)N[C@@H](Cc1ccccc1)C(=O)[O-])n1cnc2ccccc2c1=O. The van der Waals surface area contributed by atoms with Gasteiger partial charge in [0, 0.05) is 0 Å². The van der Waals surface area contributed by atoms with Crippen molar-refractivity contribution in [1.82, 2.24) is 14.9 Å². The number of amides is 1. The van der Waals surface area contributed by atoms with Gasteiger partial charge in [-0.05, 0) is 30.5 Å². The Morgan fingerprint density at radius 2 is 1.80 bits per heavy atom. The summed E-state index contributed by atoms with van der Waals surface area (Å²) < 4.78 is 1.29. The third-order valence-corrected chi connectivity index (χ3v) is 5.04. The molecule has 0 aliphatic carbocycles. The van der Waals surface area contributed by atoms with Crippen molar-refractivity contribution in [2.24, 2.45) is 0 Å². The van der Waals surface area contributed by atoms with E-state index in [1.165, 1.54) is 10.9 Å². The molecule has 0 unspecified atom stereocenters. The van der Waals surface area contributed by atoms with Crippen LogP contribution in [-0.4, -0.2) is 27.5 Å². The fraction of sp³-hybridized carbons (Fsp3) is 0.304. The molecule has 1 N–H and O–H groups in total. The van der Waals surface area contributed by atoms with Crippen molar-refractivity contribution in [2.45, 2.75) is 44.7 Å². The fourth-order valence-corrected chi connectivity index (χ4v) is 3.41. The molecule has 0 aliphatic rings. The molecule has 0 saturated heterocycles. The number of rotatable bonds is 9. The summed E-state index contributed by atoms with van der Waals surface area (Å²) in [5.41, 5.74) is 0.983. The second kappa shape index (κ2) is 9.82. The van der Waals surface area contributed by atoms with Crippen molar-refractivity contribution >= 4 is 22.8 Å². The third kappa shape index (κ3) is 4.92. The zero-order chi connectivity index (χ0) is 21.5. The van der Waals surface area contributed by atoms with E-state index in [0.717, 1.165) is 12.0 Å². The predicted octanol–water partition coefficient (Wildman–Crippen LogP) is 1.61. The molecular weight excluding hydrogens is 382 g/mol. The summed E-state index contributed by atoms with van der Waals surface area (Å²) in [7, 11) is 0. The average Bonchev–Trinajstić information content (AvgIpc) is 2.75. The first-order chi connectivity index (χ1) is 14.5. The van der Waals surface area contributed by atoms with E-state index in [4.69, 9.17) is 0 Å². The summed E-state index contributed by atoms with van der Waals surface area (Å²) in [5.74, 6) is -1.90. The van der Waals surface area contributed by atoms with Crippen molar-refractivity contribution in [3.63, 3.8) is 0 Å². The first-order valence-corrected chi connectivity index (χ1v) is 10.0. The smallest absolute Gasteiger partial charge is 0.261 e. The van der Waals surface area contributed by atoms with Crippen LogP contribution in [-0.2, 0) is 16.0 Å². The maximum absolute atomic E-state index is 13.1. The lowest BCUT2D eigenvalue weighted by Crippen LogP contribution is -2.51. The minimum absolute atomic E-state index is 0.0975. The molecule has 2 aromatic carbocycles. The molecule has 1 heterocycles. The molecule has 0 bridgehead atoms. The average molecular weight is 406 g/mol. The zero-order valence-corrected chi connectivity index (χ0v) is 16.8. The van der Waals surface area contributed by atoms with E-state index >= 15 is 0 Å². The number of hydrogen-bond acceptors (Lipinski definition) is 5. The van der Waals surface area contributed by atoms with E-state index in [-0.39, 0.29) is 12.0 Å². The number of hydrogen-bond donors (Lipinski definition) is 1. The van der Waals surface area contributed by atoms with Gasteiger partial charge in [0.1, 0.15) is 6.04 Å². The third-order valence-electron chi connectivity index (χ3n) is 5.04. The first-order valence-electron chi connectivity index (χ1n) is 10.0. The van der Waals surface area contributed by atoms with Gasteiger partial charge in [-0.3, -0.25) is 14.2 Å². The van der Waals surface area contributed by atoms with Crippen LogP contribution in [0.25, 0.3) is 10.9 Å². The first kappa shape index (κ1) is 21.2. The largest absolute Gasteiger partial charge is 0.548 e. The Kier molecular flexibility index (Phi) is 6.95. The van der Waals surface area contributed by atoms with Crippen molar-refractivity contribution in [1.29, 1.82) is 0 Å². The van der Waals surface area contributed by atoms with E-state index in [2.05, 4.69) is 10.3 Å². The lowest BCUT2D eigenvalue weighted by atomic mass is 10.0. The summed E-state index contributed by atoms with van der Waals surface area (Å²) in [6.07, 6.45) is 3.38. The predicted molar refractivity (Wildman–Crippen MR) is 112 cm³/mol. The summed E-state index contributed by atoms with van der Waals surface area (Å²) in [6.45, 7) is 1.98. The molecule has 30 heavy (non-hydrogen) atoms. The normalized spacial score (nSPS) is 13.0. The highest BCUT2D eigenvalue weighted by Crippen LogP contribution is 2.16. The summed E-state index contributed by atoms with van der Waals surface area (Å²) >= 11 is 0. The van der Waals surface area contributed by atoms with Crippen LogP contribution in [0.2, 0.25) is 0 Å². The van der Waals surface area contributed by atoms with E-state index in [1.807, 2.05) is 13.0 Å². The molecule has 0 radical (unpaired) electrons. The topological polar surface area (TPSA) is 104 Å². The van der Waals surface area contributed by atoms with Gasteiger partial charge in [0.15, 0.2) is 0 Å². The minimum atomic E-state index is -1.37. The van der Waals surface area contributed by atoms with Crippen molar-refractivity contribution in [3.8, 4) is 0 Å². The zero-order valence-electron chi connectivity index (χ0n) is 16.8. The Morgan fingerprint density at radius 1 is 1.10 bits per heavy atom. The maximum Gasteiger partial charge on any atom is 0.261 e. The Hall–Kier alpha value is -3.48. The number of aromatic nitrogens is 2. The maximum atomic E-state index is 13.1. The number of carbonyl (C=O) groups is 2. The fourth-order valence-electron chi connectivity index (χ4n) is 3.41. The standard InChI is InChI=1S/C23H25N3O4/c1-2-3-13-20(26-15-24-18-12-8-7-11-17(18)22(26)28)21(27)25-19(23(29)30)14-16-9-5-4-6-10-16/h4-12,15,19-20H,2-3,13-14H2,1H3,(H,25,27)(H,29,30)/p-1/t19-,20+/m0/s1. The number of unbranched alkanes of at least 4 members (excludes halogenated alkanes) is 1. The van der Waals surface area contributed by atoms with Gasteiger partial charge in [-0.25, -0.2) is 4.98 Å². The highest BCUT2D eigenvalue weighted by Gasteiger charge is 2.25. The molecule has 7 heteroatoms. The number of nitrogens with zero attached hydrogens (tertiary/aromatic N) is 2. The molecule has 156 valence electrons. The molecule has 7 nitrogen and oxygen atoms in total. The lowest BCUT2D eigenvalue weighted by molar-refractivity contribution is -0.308. The summed E-state index contributed by atoms with van der Waals surface area (Å²) in [4.78, 5) is 42.0. The van der Waals surface area contributed by atoms with Crippen LogP contribution in [0.5, 0.6) is 0 Å².